The van der Waals surface area contributed by atoms with Gasteiger partial charge in [-0.25, -0.2) is 17.5 Å². The van der Waals surface area contributed by atoms with Gasteiger partial charge in [0, 0.05) is 16.6 Å². The van der Waals surface area contributed by atoms with Crippen molar-refractivity contribution in [2.75, 3.05) is 6.54 Å². The summed E-state index contributed by atoms with van der Waals surface area (Å²) < 4.78 is 40.8. The van der Waals surface area contributed by atoms with Crippen molar-refractivity contribution in [2.24, 2.45) is 5.73 Å². The van der Waals surface area contributed by atoms with E-state index in [1.165, 1.54) is 12.1 Å². The number of halogens is 2. The minimum absolute atomic E-state index is 0.118. The number of hydrogen-bond donors (Lipinski definition) is 2. The van der Waals surface area contributed by atoms with Crippen molar-refractivity contribution in [3.05, 3.63) is 28.5 Å². The smallest absolute Gasteiger partial charge is 0.242 e. The number of sulfonamides is 1. The van der Waals surface area contributed by atoms with Crippen molar-refractivity contribution < 1.29 is 12.8 Å². The molecule has 0 aliphatic heterocycles. The summed E-state index contributed by atoms with van der Waals surface area (Å²) in [5.41, 5.74) is 4.97. The molecule has 19 heavy (non-hydrogen) atoms. The Morgan fingerprint density at radius 2 is 1.95 bits per heavy atom. The molecule has 0 aliphatic carbocycles. The van der Waals surface area contributed by atoms with E-state index in [1.807, 2.05) is 13.8 Å². The van der Waals surface area contributed by atoms with Gasteiger partial charge in [-0.3, -0.25) is 0 Å². The van der Waals surface area contributed by atoms with Crippen LogP contribution >= 0.6 is 15.9 Å². The third kappa shape index (κ3) is 3.75. The minimum atomic E-state index is -3.82. The van der Waals surface area contributed by atoms with E-state index in [1.54, 1.807) is 0 Å². The van der Waals surface area contributed by atoms with E-state index in [-0.39, 0.29) is 11.4 Å². The number of rotatable bonds is 6. The zero-order valence-electron chi connectivity index (χ0n) is 10.9. The third-order valence-corrected chi connectivity index (χ3v) is 5.85. The monoisotopic (exact) mass is 352 g/mol. The molecule has 0 unspecified atom stereocenters. The number of benzene rings is 1. The van der Waals surface area contributed by atoms with Gasteiger partial charge in [-0.1, -0.05) is 13.8 Å². The average molecular weight is 353 g/mol. The lowest BCUT2D eigenvalue weighted by Gasteiger charge is -2.31. The second-order valence-electron chi connectivity index (χ2n) is 4.37. The topological polar surface area (TPSA) is 72.2 Å². The molecule has 0 fully saturated rings. The Bertz CT molecular complexity index is 536. The predicted octanol–water partition coefficient (Wildman–Crippen LogP) is 2.38. The van der Waals surface area contributed by atoms with Crippen LogP contribution in [0.4, 0.5) is 4.39 Å². The van der Waals surface area contributed by atoms with E-state index in [9.17, 15) is 12.8 Å². The number of hydrogen-bond acceptors (Lipinski definition) is 3. The fourth-order valence-corrected chi connectivity index (χ4v) is 4.28. The summed E-state index contributed by atoms with van der Waals surface area (Å²) in [4.78, 5) is -0.118. The molecular formula is C12H18BrFN2O2S. The van der Waals surface area contributed by atoms with Gasteiger partial charge in [-0.15, -0.1) is 0 Å². The lowest BCUT2D eigenvalue weighted by Crippen LogP contribution is -2.52. The van der Waals surface area contributed by atoms with E-state index in [0.29, 0.717) is 17.3 Å². The summed E-state index contributed by atoms with van der Waals surface area (Å²) in [5.74, 6) is -0.602. The van der Waals surface area contributed by atoms with E-state index in [0.717, 1.165) is 6.07 Å². The lowest BCUT2D eigenvalue weighted by atomic mass is 9.95. The zero-order valence-corrected chi connectivity index (χ0v) is 13.3. The SMILES string of the molecule is CCC(CC)(CN)NS(=O)(=O)c1cc(F)ccc1Br. The number of nitrogens with one attached hydrogen (secondary N) is 1. The van der Waals surface area contributed by atoms with Crippen LogP contribution in [0, 0.1) is 5.82 Å². The maximum atomic E-state index is 13.2. The van der Waals surface area contributed by atoms with Crippen molar-refractivity contribution in [3.8, 4) is 0 Å². The van der Waals surface area contributed by atoms with Crippen LogP contribution in [0.15, 0.2) is 27.6 Å². The van der Waals surface area contributed by atoms with Gasteiger partial charge in [0.25, 0.3) is 0 Å². The molecule has 0 spiro atoms. The molecule has 0 saturated heterocycles. The molecule has 7 heteroatoms. The van der Waals surface area contributed by atoms with E-state index in [2.05, 4.69) is 20.7 Å². The Hall–Kier alpha value is -0.500. The van der Waals surface area contributed by atoms with Crippen LogP contribution < -0.4 is 10.5 Å². The van der Waals surface area contributed by atoms with Crippen molar-refractivity contribution in [3.63, 3.8) is 0 Å². The molecule has 108 valence electrons. The van der Waals surface area contributed by atoms with Gasteiger partial charge in [0.1, 0.15) is 5.82 Å². The molecule has 0 heterocycles. The third-order valence-electron chi connectivity index (χ3n) is 3.28. The molecule has 0 aromatic heterocycles. The molecule has 0 atom stereocenters. The van der Waals surface area contributed by atoms with Gasteiger partial charge in [-0.2, -0.15) is 0 Å². The maximum absolute atomic E-state index is 13.2. The first-order valence-corrected chi connectivity index (χ1v) is 8.27. The summed E-state index contributed by atoms with van der Waals surface area (Å²) >= 11 is 3.12. The van der Waals surface area contributed by atoms with E-state index < -0.39 is 21.4 Å². The second kappa shape index (κ2) is 6.30. The fraction of sp³-hybridized carbons (Fsp3) is 0.500. The van der Waals surface area contributed by atoms with Gasteiger partial charge >= 0.3 is 0 Å². The van der Waals surface area contributed by atoms with Crippen molar-refractivity contribution >= 4 is 26.0 Å². The first-order valence-electron chi connectivity index (χ1n) is 5.99. The van der Waals surface area contributed by atoms with Gasteiger partial charge < -0.3 is 5.73 Å². The van der Waals surface area contributed by atoms with Crippen LogP contribution in [0.25, 0.3) is 0 Å². The summed E-state index contributed by atoms with van der Waals surface area (Å²) in [6.07, 6.45) is 1.12. The molecular weight excluding hydrogens is 335 g/mol. The van der Waals surface area contributed by atoms with Crippen molar-refractivity contribution in [2.45, 2.75) is 37.1 Å². The molecule has 1 aromatic rings. The molecule has 0 saturated carbocycles. The molecule has 4 nitrogen and oxygen atoms in total. The molecule has 0 bridgehead atoms. The quantitative estimate of drug-likeness (QED) is 0.825. The summed E-state index contributed by atoms with van der Waals surface area (Å²) in [6.45, 7) is 3.91. The first-order chi connectivity index (χ1) is 8.80. The number of nitrogens with two attached hydrogens (primary N) is 1. The Morgan fingerprint density at radius 3 is 2.42 bits per heavy atom. The Morgan fingerprint density at radius 1 is 1.37 bits per heavy atom. The van der Waals surface area contributed by atoms with Crippen molar-refractivity contribution in [1.82, 2.24) is 4.72 Å². The maximum Gasteiger partial charge on any atom is 0.242 e. The normalized spacial score (nSPS) is 12.7. The predicted molar refractivity (Wildman–Crippen MR) is 76.8 cm³/mol. The standard InChI is InChI=1S/C12H18BrFN2O2S/c1-3-12(4-2,8-15)16-19(17,18)11-7-9(14)5-6-10(11)13/h5-7,16H,3-4,8,15H2,1-2H3. The highest BCUT2D eigenvalue weighted by Gasteiger charge is 2.31. The van der Waals surface area contributed by atoms with Crippen LogP contribution in [0.1, 0.15) is 26.7 Å². The molecule has 0 amide bonds. The minimum Gasteiger partial charge on any atom is -0.329 e. The largest absolute Gasteiger partial charge is 0.329 e. The molecule has 0 radical (unpaired) electrons. The highest BCUT2D eigenvalue weighted by molar-refractivity contribution is 9.10. The summed E-state index contributed by atoms with van der Waals surface area (Å²) in [5, 5.41) is 0. The van der Waals surface area contributed by atoms with Crippen LogP contribution in [0.5, 0.6) is 0 Å². The van der Waals surface area contributed by atoms with Gasteiger partial charge in [0.05, 0.1) is 4.90 Å². The summed E-state index contributed by atoms with van der Waals surface area (Å²) in [6, 6.07) is 3.55. The highest BCUT2D eigenvalue weighted by Crippen LogP contribution is 2.25. The van der Waals surface area contributed by atoms with Gasteiger partial charge in [-0.05, 0) is 47.0 Å². The summed E-state index contributed by atoms with van der Waals surface area (Å²) in [7, 11) is -3.82. The average Bonchev–Trinajstić information content (AvgIpc) is 2.39. The molecule has 1 rings (SSSR count). The van der Waals surface area contributed by atoms with E-state index >= 15 is 0 Å². The Kier molecular flexibility index (Phi) is 5.49. The van der Waals surface area contributed by atoms with Crippen LogP contribution in [0.2, 0.25) is 0 Å². The van der Waals surface area contributed by atoms with Crippen LogP contribution in [-0.4, -0.2) is 20.5 Å². The van der Waals surface area contributed by atoms with Crippen LogP contribution in [0.3, 0.4) is 0 Å². The van der Waals surface area contributed by atoms with Gasteiger partial charge in [0.15, 0.2) is 0 Å². The highest BCUT2D eigenvalue weighted by atomic mass is 79.9. The molecule has 1 aromatic carbocycles. The van der Waals surface area contributed by atoms with Crippen LogP contribution in [-0.2, 0) is 10.0 Å². The molecule has 3 N–H and O–H groups in total. The van der Waals surface area contributed by atoms with E-state index in [4.69, 9.17) is 5.73 Å². The Balaban J connectivity index is 3.21. The van der Waals surface area contributed by atoms with Crippen molar-refractivity contribution in [1.29, 1.82) is 0 Å². The Labute approximate surface area is 121 Å². The fourth-order valence-electron chi connectivity index (χ4n) is 1.75. The first kappa shape index (κ1) is 16.6. The lowest BCUT2D eigenvalue weighted by molar-refractivity contribution is 0.363. The van der Waals surface area contributed by atoms with Gasteiger partial charge in [0.2, 0.25) is 10.0 Å². The second-order valence-corrected chi connectivity index (χ2v) is 6.88. The molecule has 0 aliphatic rings. The zero-order chi connectivity index (χ0) is 14.7.